The Morgan fingerprint density at radius 3 is 2.88 bits per heavy atom. The van der Waals surface area contributed by atoms with Crippen molar-refractivity contribution in [2.24, 2.45) is 5.92 Å². The molecule has 2 rings (SSSR count). The van der Waals surface area contributed by atoms with Crippen LogP contribution in [0.2, 0.25) is 0 Å². The molecule has 0 aliphatic heterocycles. The molecule has 2 unspecified atom stereocenters. The molecule has 1 fully saturated rings. The van der Waals surface area contributed by atoms with E-state index in [2.05, 4.69) is 0 Å². The van der Waals surface area contributed by atoms with Crippen molar-refractivity contribution in [2.75, 3.05) is 0 Å². The number of Topliss-reactive ketones (excluding diaryl/α,β-unsaturated/α-hetero) is 1. The highest BCUT2D eigenvalue weighted by Gasteiger charge is 2.29. The molecular formula is C13H15FO2. The highest BCUT2D eigenvalue weighted by atomic mass is 19.1. The molecule has 1 saturated carbocycles. The van der Waals surface area contributed by atoms with Gasteiger partial charge in [-0.15, -0.1) is 0 Å². The maximum Gasteiger partial charge on any atom is 0.138 e. The molecule has 0 heterocycles. The fourth-order valence-electron chi connectivity index (χ4n) is 2.27. The Morgan fingerprint density at radius 2 is 2.19 bits per heavy atom. The minimum absolute atomic E-state index is 0.100. The number of ketones is 1. The lowest BCUT2D eigenvalue weighted by molar-refractivity contribution is -0.128. The molecule has 16 heavy (non-hydrogen) atoms. The van der Waals surface area contributed by atoms with Gasteiger partial charge in [-0.05, 0) is 30.5 Å². The van der Waals surface area contributed by atoms with Crippen molar-refractivity contribution in [3.05, 3.63) is 35.6 Å². The van der Waals surface area contributed by atoms with Gasteiger partial charge in [-0.1, -0.05) is 18.6 Å². The number of carbonyl (C=O) groups excluding carboxylic acids is 1. The molecule has 86 valence electrons. The number of rotatable bonds is 2. The standard InChI is InChI=1S/C13H15FO2/c14-10-5-3-4-9(8-10)13(16)11-6-1-2-7-12(11)15/h3-5,8,11,13,16H,1-2,6-7H2. The van der Waals surface area contributed by atoms with E-state index in [1.54, 1.807) is 12.1 Å². The van der Waals surface area contributed by atoms with Crippen LogP contribution in [0.5, 0.6) is 0 Å². The zero-order chi connectivity index (χ0) is 11.5. The van der Waals surface area contributed by atoms with Crippen LogP contribution >= 0.6 is 0 Å². The maximum atomic E-state index is 13.0. The average molecular weight is 222 g/mol. The molecule has 0 aromatic heterocycles. The zero-order valence-electron chi connectivity index (χ0n) is 9.03. The molecule has 1 N–H and O–H groups in total. The van der Waals surface area contributed by atoms with Gasteiger partial charge in [0.15, 0.2) is 0 Å². The SMILES string of the molecule is O=C1CCCCC1C(O)c1cccc(F)c1. The van der Waals surface area contributed by atoms with Crippen molar-refractivity contribution in [1.82, 2.24) is 0 Å². The van der Waals surface area contributed by atoms with Crippen molar-refractivity contribution < 1.29 is 14.3 Å². The van der Waals surface area contributed by atoms with Gasteiger partial charge in [-0.25, -0.2) is 4.39 Å². The maximum absolute atomic E-state index is 13.0. The summed E-state index contributed by atoms with van der Waals surface area (Å²) in [6, 6.07) is 5.85. The second-order valence-corrected chi connectivity index (χ2v) is 4.32. The van der Waals surface area contributed by atoms with E-state index in [-0.39, 0.29) is 17.5 Å². The van der Waals surface area contributed by atoms with Gasteiger partial charge in [0.2, 0.25) is 0 Å². The first-order valence-electron chi connectivity index (χ1n) is 5.65. The summed E-state index contributed by atoms with van der Waals surface area (Å²) >= 11 is 0. The Morgan fingerprint density at radius 1 is 1.38 bits per heavy atom. The van der Waals surface area contributed by atoms with E-state index in [0.29, 0.717) is 18.4 Å². The van der Waals surface area contributed by atoms with E-state index in [9.17, 15) is 14.3 Å². The lowest BCUT2D eigenvalue weighted by Crippen LogP contribution is -2.25. The third-order valence-corrected chi connectivity index (χ3v) is 3.17. The molecule has 1 aromatic carbocycles. The van der Waals surface area contributed by atoms with E-state index in [1.165, 1.54) is 12.1 Å². The van der Waals surface area contributed by atoms with Crippen LogP contribution in [0.4, 0.5) is 4.39 Å². The van der Waals surface area contributed by atoms with Crippen LogP contribution in [-0.2, 0) is 4.79 Å². The van der Waals surface area contributed by atoms with Gasteiger partial charge < -0.3 is 5.11 Å². The predicted octanol–water partition coefficient (Wildman–Crippen LogP) is 2.62. The second kappa shape index (κ2) is 4.74. The molecule has 2 atom stereocenters. The number of carbonyl (C=O) groups is 1. The summed E-state index contributed by atoms with van der Waals surface area (Å²) < 4.78 is 13.0. The number of hydrogen-bond donors (Lipinski definition) is 1. The molecule has 0 amide bonds. The third kappa shape index (κ3) is 2.30. The smallest absolute Gasteiger partial charge is 0.138 e. The third-order valence-electron chi connectivity index (χ3n) is 3.17. The summed E-state index contributed by atoms with van der Waals surface area (Å²) in [5.74, 6) is -0.627. The lowest BCUT2D eigenvalue weighted by atomic mass is 9.82. The Kier molecular flexibility index (Phi) is 3.34. The van der Waals surface area contributed by atoms with E-state index in [1.807, 2.05) is 0 Å². The molecule has 0 spiro atoms. The van der Waals surface area contributed by atoms with Crippen LogP contribution in [0.25, 0.3) is 0 Å². The van der Waals surface area contributed by atoms with Gasteiger partial charge in [0.25, 0.3) is 0 Å². The minimum Gasteiger partial charge on any atom is -0.388 e. The zero-order valence-corrected chi connectivity index (χ0v) is 9.03. The van der Waals surface area contributed by atoms with Gasteiger partial charge >= 0.3 is 0 Å². The summed E-state index contributed by atoms with van der Waals surface area (Å²) in [4.78, 5) is 11.6. The number of hydrogen-bond acceptors (Lipinski definition) is 2. The summed E-state index contributed by atoms with van der Waals surface area (Å²) in [7, 11) is 0. The predicted molar refractivity (Wildman–Crippen MR) is 58.3 cm³/mol. The monoisotopic (exact) mass is 222 g/mol. The summed E-state index contributed by atoms with van der Waals surface area (Å²) in [6.07, 6.45) is 2.25. The van der Waals surface area contributed by atoms with Crippen LogP contribution in [0.1, 0.15) is 37.4 Å². The lowest BCUT2D eigenvalue weighted by Gasteiger charge is -2.25. The molecule has 1 aromatic rings. The van der Waals surface area contributed by atoms with Crippen molar-refractivity contribution in [2.45, 2.75) is 31.8 Å². The summed E-state index contributed by atoms with van der Waals surface area (Å²) in [5.41, 5.74) is 0.500. The van der Waals surface area contributed by atoms with Gasteiger partial charge in [0, 0.05) is 12.3 Å². The number of halogens is 1. The first-order valence-corrected chi connectivity index (χ1v) is 5.65. The summed E-state index contributed by atoms with van der Waals surface area (Å²) in [5, 5.41) is 10.1. The van der Waals surface area contributed by atoms with Gasteiger partial charge in [-0.3, -0.25) is 4.79 Å². The van der Waals surface area contributed by atoms with Gasteiger partial charge in [0.1, 0.15) is 11.6 Å². The first-order chi connectivity index (χ1) is 7.68. The Hall–Kier alpha value is -1.22. The molecule has 0 bridgehead atoms. The molecule has 0 saturated heterocycles. The molecule has 1 aliphatic carbocycles. The van der Waals surface area contributed by atoms with Gasteiger partial charge in [-0.2, -0.15) is 0 Å². The second-order valence-electron chi connectivity index (χ2n) is 4.32. The average Bonchev–Trinajstić information content (AvgIpc) is 2.29. The minimum atomic E-state index is -0.858. The van der Waals surface area contributed by atoms with Gasteiger partial charge in [0.05, 0.1) is 6.10 Å². The normalized spacial score (nSPS) is 23.1. The summed E-state index contributed by atoms with van der Waals surface area (Å²) in [6.45, 7) is 0. The molecule has 0 radical (unpaired) electrons. The molecule has 2 nitrogen and oxygen atoms in total. The Balaban J connectivity index is 2.17. The number of benzene rings is 1. The van der Waals surface area contributed by atoms with E-state index in [4.69, 9.17) is 0 Å². The fourth-order valence-corrected chi connectivity index (χ4v) is 2.27. The van der Waals surface area contributed by atoms with E-state index >= 15 is 0 Å². The van der Waals surface area contributed by atoms with Crippen LogP contribution < -0.4 is 0 Å². The molecule has 3 heteroatoms. The van der Waals surface area contributed by atoms with E-state index in [0.717, 1.165) is 12.8 Å². The van der Waals surface area contributed by atoms with Crippen molar-refractivity contribution in [3.8, 4) is 0 Å². The van der Waals surface area contributed by atoms with Crippen molar-refractivity contribution in [3.63, 3.8) is 0 Å². The van der Waals surface area contributed by atoms with Crippen LogP contribution in [0.15, 0.2) is 24.3 Å². The van der Waals surface area contributed by atoms with Crippen LogP contribution in [0, 0.1) is 11.7 Å². The largest absolute Gasteiger partial charge is 0.388 e. The Bertz CT molecular complexity index is 389. The first kappa shape index (κ1) is 11.3. The fraction of sp³-hybridized carbons (Fsp3) is 0.462. The van der Waals surface area contributed by atoms with Crippen molar-refractivity contribution in [1.29, 1.82) is 0 Å². The number of aliphatic hydroxyl groups excluding tert-OH is 1. The Labute approximate surface area is 94.1 Å². The quantitative estimate of drug-likeness (QED) is 0.835. The highest BCUT2D eigenvalue weighted by Crippen LogP contribution is 2.32. The van der Waals surface area contributed by atoms with Crippen LogP contribution in [-0.4, -0.2) is 10.9 Å². The molecule has 1 aliphatic rings. The van der Waals surface area contributed by atoms with Crippen molar-refractivity contribution >= 4 is 5.78 Å². The van der Waals surface area contributed by atoms with E-state index < -0.39 is 6.10 Å². The van der Waals surface area contributed by atoms with Crippen LogP contribution in [0.3, 0.4) is 0 Å². The number of aliphatic hydroxyl groups is 1. The highest BCUT2D eigenvalue weighted by molar-refractivity contribution is 5.82. The topological polar surface area (TPSA) is 37.3 Å². The molecular weight excluding hydrogens is 207 g/mol.